The number of halogens is 1. The van der Waals surface area contributed by atoms with Crippen molar-refractivity contribution in [3.8, 4) is 0 Å². The van der Waals surface area contributed by atoms with Gasteiger partial charge < -0.3 is 15.3 Å². The third kappa shape index (κ3) is 5.18. The molecule has 0 aromatic heterocycles. The van der Waals surface area contributed by atoms with Gasteiger partial charge in [0.25, 0.3) is 0 Å². The summed E-state index contributed by atoms with van der Waals surface area (Å²) in [5.41, 5.74) is 3.20. The molecule has 198 valence electrons. The van der Waals surface area contributed by atoms with Crippen LogP contribution in [0.5, 0.6) is 0 Å². The number of carbonyl (C=O) groups is 2. The Labute approximate surface area is 225 Å². The Balaban J connectivity index is 1.57. The number of benzene rings is 2. The summed E-state index contributed by atoms with van der Waals surface area (Å²) in [6.07, 6.45) is 6.63. The molecule has 37 heavy (non-hydrogen) atoms. The number of carboxylic acid groups (broad SMARTS) is 1. The number of hydrogen-bond acceptors (Lipinski definition) is 3. The van der Waals surface area contributed by atoms with Gasteiger partial charge in [0.05, 0.1) is 6.04 Å². The molecule has 2 fully saturated rings. The summed E-state index contributed by atoms with van der Waals surface area (Å²) in [6.45, 7) is 6.34. The summed E-state index contributed by atoms with van der Waals surface area (Å²) < 4.78 is 0. The number of likely N-dealkylation sites (tertiary alicyclic amines) is 1. The number of carboxylic acids is 1. The highest BCUT2D eigenvalue weighted by atomic mass is 35.5. The molecule has 1 amide bonds. The van der Waals surface area contributed by atoms with Gasteiger partial charge in [-0.05, 0) is 59.9 Å². The molecule has 0 spiro atoms. The van der Waals surface area contributed by atoms with Crippen LogP contribution < -0.4 is 5.32 Å². The Hall–Kier alpha value is -2.37. The predicted molar refractivity (Wildman–Crippen MR) is 147 cm³/mol. The number of hydrogen-bond donors (Lipinski definition) is 2. The third-order valence-electron chi connectivity index (χ3n) is 8.80. The first-order valence-electron chi connectivity index (χ1n) is 13.8. The number of nitrogens with zero attached hydrogens (tertiary/aromatic N) is 1. The number of amides is 1. The highest BCUT2D eigenvalue weighted by Gasteiger charge is 2.58. The number of carbonyl (C=O) groups excluding carboxylic acids is 1. The van der Waals surface area contributed by atoms with Crippen LogP contribution in [-0.2, 0) is 22.4 Å². The van der Waals surface area contributed by atoms with Gasteiger partial charge in [0.1, 0.15) is 6.04 Å². The van der Waals surface area contributed by atoms with Gasteiger partial charge in [0.15, 0.2) is 0 Å². The number of rotatable bonds is 5. The zero-order chi connectivity index (χ0) is 26.3. The lowest BCUT2D eigenvalue weighted by Crippen LogP contribution is -2.50. The molecule has 1 aliphatic heterocycles. The highest BCUT2D eigenvalue weighted by molar-refractivity contribution is 6.30. The molecule has 2 aromatic carbocycles. The summed E-state index contributed by atoms with van der Waals surface area (Å²) in [5, 5.41) is 15.3. The number of fused-ring (bicyclic) bond motifs is 1. The van der Waals surface area contributed by atoms with Crippen LogP contribution in [0.3, 0.4) is 0 Å². The highest BCUT2D eigenvalue weighted by Crippen LogP contribution is 2.49. The Kier molecular flexibility index (Phi) is 7.39. The van der Waals surface area contributed by atoms with E-state index in [-0.39, 0.29) is 41.3 Å². The first-order chi connectivity index (χ1) is 17.6. The van der Waals surface area contributed by atoms with Crippen LogP contribution in [0, 0.1) is 17.3 Å². The van der Waals surface area contributed by atoms with E-state index in [0.29, 0.717) is 0 Å². The van der Waals surface area contributed by atoms with Crippen molar-refractivity contribution in [2.24, 2.45) is 17.3 Å². The van der Waals surface area contributed by atoms with Crippen molar-refractivity contribution in [3.63, 3.8) is 0 Å². The summed E-state index contributed by atoms with van der Waals surface area (Å²) in [7, 11) is 0. The van der Waals surface area contributed by atoms with E-state index in [1.54, 1.807) is 4.90 Å². The van der Waals surface area contributed by atoms with Crippen LogP contribution in [0.15, 0.2) is 48.5 Å². The molecular formula is C31H39ClN2O3. The second-order valence-electron chi connectivity index (χ2n) is 12.3. The molecule has 5 rings (SSSR count). The first kappa shape index (κ1) is 26.2. The van der Waals surface area contributed by atoms with Crippen molar-refractivity contribution >= 4 is 23.5 Å². The van der Waals surface area contributed by atoms with Crippen LogP contribution in [0.2, 0.25) is 5.02 Å². The number of nitrogens with one attached hydrogen (secondary N) is 1. The topological polar surface area (TPSA) is 69.6 Å². The molecule has 1 saturated heterocycles. The summed E-state index contributed by atoms with van der Waals surface area (Å²) in [5.74, 6) is -1.24. The zero-order valence-corrected chi connectivity index (χ0v) is 22.9. The Morgan fingerprint density at radius 3 is 2.30 bits per heavy atom. The molecule has 5 nitrogen and oxygen atoms in total. The maximum atomic E-state index is 14.2. The minimum Gasteiger partial charge on any atom is -0.480 e. The second-order valence-corrected chi connectivity index (χ2v) is 12.8. The monoisotopic (exact) mass is 522 g/mol. The minimum absolute atomic E-state index is 0.0148. The lowest BCUT2D eigenvalue weighted by molar-refractivity contribution is -0.154. The average Bonchev–Trinajstić information content (AvgIpc) is 3.43. The minimum atomic E-state index is -0.907. The van der Waals surface area contributed by atoms with Gasteiger partial charge in [0, 0.05) is 28.9 Å². The van der Waals surface area contributed by atoms with Crippen LogP contribution >= 0.6 is 11.6 Å². The fourth-order valence-electron chi connectivity index (χ4n) is 7.22. The third-order valence-corrected chi connectivity index (χ3v) is 9.03. The lowest BCUT2D eigenvalue weighted by atomic mass is 9.72. The molecule has 2 N–H and O–H groups in total. The van der Waals surface area contributed by atoms with E-state index in [0.717, 1.165) is 55.5 Å². The Morgan fingerprint density at radius 2 is 1.65 bits per heavy atom. The SMILES string of the molecule is CC(C)(C)[C@H]1[C@H](NC2Cc3ccc(Cl)cc3C2)[C@H](c2ccccc2)N(C(=O)C2CCCCC2)[C@@H]1C(=O)O. The van der Waals surface area contributed by atoms with Crippen molar-refractivity contribution in [2.45, 2.75) is 89.9 Å². The van der Waals surface area contributed by atoms with Gasteiger partial charge in [-0.25, -0.2) is 4.79 Å². The molecule has 5 atom stereocenters. The maximum Gasteiger partial charge on any atom is 0.326 e. The Bertz CT molecular complexity index is 1140. The van der Waals surface area contributed by atoms with E-state index >= 15 is 0 Å². The van der Waals surface area contributed by atoms with E-state index < -0.39 is 12.0 Å². The smallest absolute Gasteiger partial charge is 0.326 e. The molecule has 2 aliphatic carbocycles. The van der Waals surface area contributed by atoms with Crippen LogP contribution in [0.1, 0.15) is 75.6 Å². The predicted octanol–water partition coefficient (Wildman–Crippen LogP) is 6.04. The first-order valence-corrected chi connectivity index (χ1v) is 14.2. The molecule has 6 heteroatoms. The van der Waals surface area contributed by atoms with Gasteiger partial charge in [-0.1, -0.05) is 88.0 Å². The van der Waals surface area contributed by atoms with Crippen molar-refractivity contribution in [1.82, 2.24) is 10.2 Å². The molecule has 3 aliphatic rings. The van der Waals surface area contributed by atoms with E-state index in [1.165, 1.54) is 11.1 Å². The number of aliphatic carboxylic acids is 1. The van der Waals surface area contributed by atoms with Crippen LogP contribution in [-0.4, -0.2) is 40.0 Å². The molecule has 0 bridgehead atoms. The Morgan fingerprint density at radius 1 is 0.973 bits per heavy atom. The molecule has 2 aromatic rings. The van der Waals surface area contributed by atoms with Crippen molar-refractivity contribution in [1.29, 1.82) is 0 Å². The van der Waals surface area contributed by atoms with Crippen molar-refractivity contribution in [2.75, 3.05) is 0 Å². The fraction of sp³-hybridized carbons (Fsp3) is 0.548. The quantitative estimate of drug-likeness (QED) is 0.502. The molecule has 1 saturated carbocycles. The normalized spacial score (nSPS) is 28.3. The van der Waals surface area contributed by atoms with Gasteiger partial charge in [-0.2, -0.15) is 0 Å². The second kappa shape index (κ2) is 10.4. The van der Waals surface area contributed by atoms with E-state index in [9.17, 15) is 14.7 Å². The van der Waals surface area contributed by atoms with Crippen molar-refractivity contribution < 1.29 is 14.7 Å². The van der Waals surface area contributed by atoms with Crippen LogP contribution in [0.25, 0.3) is 0 Å². The van der Waals surface area contributed by atoms with Gasteiger partial charge >= 0.3 is 5.97 Å². The standard InChI is InChI=1S/C31H39ClN2O3/c1-31(2,3)25-26(33-24-17-21-14-15-23(32)16-22(21)18-24)27(19-10-6-4-7-11-19)34(28(25)30(36)37)29(35)20-12-8-5-9-13-20/h4,6-7,10-11,14-16,20,24-28,33H,5,8-9,12-13,17-18H2,1-3H3,(H,36,37)/t24?,25-,26-,27-,28-/m0/s1. The van der Waals surface area contributed by atoms with Gasteiger partial charge in [-0.15, -0.1) is 0 Å². The van der Waals surface area contributed by atoms with Crippen molar-refractivity contribution in [3.05, 3.63) is 70.2 Å². The van der Waals surface area contributed by atoms with Gasteiger partial charge in [-0.3, -0.25) is 4.79 Å². The van der Waals surface area contributed by atoms with Crippen LogP contribution in [0.4, 0.5) is 0 Å². The summed E-state index contributed by atoms with van der Waals surface area (Å²) in [4.78, 5) is 29.0. The van der Waals surface area contributed by atoms with E-state index in [4.69, 9.17) is 11.6 Å². The maximum absolute atomic E-state index is 14.2. The molecular weight excluding hydrogens is 484 g/mol. The molecule has 1 unspecified atom stereocenters. The molecule has 1 heterocycles. The van der Waals surface area contributed by atoms with Gasteiger partial charge in [0.2, 0.25) is 5.91 Å². The van der Waals surface area contributed by atoms with E-state index in [2.05, 4.69) is 32.2 Å². The summed E-state index contributed by atoms with van der Waals surface area (Å²) in [6, 6.07) is 14.9. The van der Waals surface area contributed by atoms with E-state index in [1.807, 2.05) is 42.5 Å². The molecule has 0 radical (unpaired) electrons. The largest absolute Gasteiger partial charge is 0.480 e. The summed E-state index contributed by atoms with van der Waals surface area (Å²) >= 11 is 6.28. The average molecular weight is 523 g/mol. The fourth-order valence-corrected chi connectivity index (χ4v) is 7.42. The zero-order valence-electron chi connectivity index (χ0n) is 22.1. The lowest BCUT2D eigenvalue weighted by Gasteiger charge is -2.36.